The lowest BCUT2D eigenvalue weighted by atomic mass is 10.1. The van der Waals surface area contributed by atoms with Crippen molar-refractivity contribution in [2.45, 2.75) is 20.0 Å². The molecule has 0 saturated heterocycles. The maximum atomic E-state index is 13.6. The first-order valence-corrected chi connectivity index (χ1v) is 8.84. The van der Waals surface area contributed by atoms with Gasteiger partial charge in [-0.25, -0.2) is 4.39 Å². The van der Waals surface area contributed by atoms with Crippen LogP contribution in [0.4, 0.5) is 10.1 Å². The van der Waals surface area contributed by atoms with Crippen molar-refractivity contribution in [2.75, 3.05) is 25.0 Å². The van der Waals surface area contributed by atoms with E-state index in [1.807, 2.05) is 6.07 Å². The van der Waals surface area contributed by atoms with Crippen molar-refractivity contribution >= 4 is 35.6 Å². The Kier molecular flexibility index (Phi) is 8.09. The van der Waals surface area contributed by atoms with Crippen molar-refractivity contribution < 1.29 is 4.39 Å². The maximum absolute atomic E-state index is 13.6. The van der Waals surface area contributed by atoms with Gasteiger partial charge in [-0.1, -0.05) is 36.4 Å². The number of hydrogen-bond donors (Lipinski definition) is 2. The van der Waals surface area contributed by atoms with Gasteiger partial charge in [-0.15, -0.1) is 24.0 Å². The monoisotopic (exact) mass is 480 g/mol. The number of benzene rings is 2. The van der Waals surface area contributed by atoms with Crippen LogP contribution in [0.5, 0.6) is 0 Å². The van der Waals surface area contributed by atoms with E-state index in [4.69, 9.17) is 0 Å². The van der Waals surface area contributed by atoms with Gasteiger partial charge in [0, 0.05) is 38.9 Å². The van der Waals surface area contributed by atoms with Crippen LogP contribution in [0.2, 0.25) is 0 Å². The fraction of sp³-hybridized carbons (Fsp3) is 0.286. The molecule has 0 saturated carbocycles. The van der Waals surface area contributed by atoms with Gasteiger partial charge in [0.2, 0.25) is 0 Å². The minimum absolute atomic E-state index is 0. The fourth-order valence-corrected chi connectivity index (χ4v) is 2.85. The molecular weight excluding hydrogens is 454 g/mol. The summed E-state index contributed by atoms with van der Waals surface area (Å²) in [6.45, 7) is 4.93. The molecule has 0 aliphatic carbocycles. The van der Waals surface area contributed by atoms with E-state index in [2.05, 4.69) is 56.9 Å². The highest BCUT2D eigenvalue weighted by Crippen LogP contribution is 2.17. The Balaban J connectivity index is 0.00000261. The van der Waals surface area contributed by atoms with Gasteiger partial charge in [0.25, 0.3) is 0 Å². The van der Waals surface area contributed by atoms with Gasteiger partial charge in [0.05, 0.1) is 0 Å². The first-order chi connectivity index (χ1) is 12.7. The van der Waals surface area contributed by atoms with Crippen LogP contribution in [0.3, 0.4) is 0 Å². The lowest BCUT2D eigenvalue weighted by molar-refractivity contribution is 0.615. The highest BCUT2D eigenvalue weighted by molar-refractivity contribution is 14.0. The Morgan fingerprint density at radius 2 is 1.59 bits per heavy atom. The molecule has 0 radical (unpaired) electrons. The molecule has 4 nitrogen and oxygen atoms in total. The van der Waals surface area contributed by atoms with Crippen LogP contribution in [0.25, 0.3) is 0 Å². The van der Waals surface area contributed by atoms with Crippen molar-refractivity contribution in [3.63, 3.8) is 0 Å². The molecule has 0 bridgehead atoms. The lowest BCUT2D eigenvalue weighted by Gasteiger charge is -2.18. The number of hydrogen-bond acceptors (Lipinski definition) is 2. The van der Waals surface area contributed by atoms with Crippen molar-refractivity contribution in [3.05, 3.63) is 77.1 Å². The standard InChI is InChI=1S/C21H25FN4.HI/c1-16-5-6-18(13-20(16)22)15-25-21(23-2)24-14-17-7-9-19(10-8-17)26-11-3-4-12-26;/h3-10,13H,11-12,14-15H2,1-2H3,(H2,23,24,25);1H. The molecule has 1 heterocycles. The summed E-state index contributed by atoms with van der Waals surface area (Å²) in [4.78, 5) is 6.54. The van der Waals surface area contributed by atoms with E-state index >= 15 is 0 Å². The summed E-state index contributed by atoms with van der Waals surface area (Å²) in [5, 5.41) is 6.50. The van der Waals surface area contributed by atoms with Crippen LogP contribution >= 0.6 is 24.0 Å². The lowest BCUT2D eigenvalue weighted by Crippen LogP contribution is -2.36. The zero-order chi connectivity index (χ0) is 18.4. The summed E-state index contributed by atoms with van der Waals surface area (Å²) in [5.41, 5.74) is 3.97. The molecule has 0 atom stereocenters. The molecule has 27 heavy (non-hydrogen) atoms. The Bertz CT molecular complexity index is 794. The van der Waals surface area contributed by atoms with E-state index in [0.29, 0.717) is 24.6 Å². The van der Waals surface area contributed by atoms with E-state index in [1.165, 1.54) is 11.3 Å². The molecule has 0 spiro atoms. The van der Waals surface area contributed by atoms with Crippen molar-refractivity contribution in [1.29, 1.82) is 0 Å². The smallest absolute Gasteiger partial charge is 0.191 e. The highest BCUT2D eigenvalue weighted by Gasteiger charge is 2.07. The highest BCUT2D eigenvalue weighted by atomic mass is 127. The molecule has 6 heteroatoms. The zero-order valence-corrected chi connectivity index (χ0v) is 18.0. The molecule has 2 aromatic rings. The molecule has 0 fully saturated rings. The van der Waals surface area contributed by atoms with Crippen LogP contribution in [-0.2, 0) is 13.1 Å². The minimum atomic E-state index is -0.180. The van der Waals surface area contributed by atoms with Crippen LogP contribution in [0, 0.1) is 12.7 Å². The minimum Gasteiger partial charge on any atom is -0.364 e. The number of guanidine groups is 1. The Hall–Kier alpha value is -2.09. The number of rotatable bonds is 5. The summed E-state index contributed by atoms with van der Waals surface area (Å²) >= 11 is 0. The van der Waals surface area contributed by atoms with E-state index < -0.39 is 0 Å². The normalized spacial score (nSPS) is 13.4. The largest absolute Gasteiger partial charge is 0.364 e. The average molecular weight is 480 g/mol. The number of aliphatic imine (C=N–C) groups is 1. The molecule has 0 unspecified atom stereocenters. The zero-order valence-electron chi connectivity index (χ0n) is 15.7. The molecule has 2 aromatic carbocycles. The molecule has 1 aliphatic rings. The SMILES string of the molecule is CN=C(NCc1ccc(N2CC=CC2)cc1)NCc1ccc(C)c(F)c1.I. The van der Waals surface area contributed by atoms with Crippen molar-refractivity contribution in [3.8, 4) is 0 Å². The fourth-order valence-electron chi connectivity index (χ4n) is 2.85. The van der Waals surface area contributed by atoms with E-state index in [9.17, 15) is 4.39 Å². The van der Waals surface area contributed by atoms with Crippen LogP contribution < -0.4 is 15.5 Å². The number of halogens is 2. The van der Waals surface area contributed by atoms with Gasteiger partial charge in [0.1, 0.15) is 5.82 Å². The Morgan fingerprint density at radius 1 is 1.00 bits per heavy atom. The van der Waals surface area contributed by atoms with Crippen molar-refractivity contribution in [2.24, 2.45) is 4.99 Å². The molecular formula is C21H26FIN4. The Labute approximate surface area is 177 Å². The van der Waals surface area contributed by atoms with Gasteiger partial charge in [-0.2, -0.15) is 0 Å². The summed E-state index contributed by atoms with van der Waals surface area (Å²) in [6, 6.07) is 13.8. The molecule has 1 aliphatic heterocycles. The second-order valence-corrected chi connectivity index (χ2v) is 6.41. The third kappa shape index (κ3) is 5.95. The summed E-state index contributed by atoms with van der Waals surface area (Å²) in [5.74, 6) is 0.513. The third-order valence-corrected chi connectivity index (χ3v) is 4.50. The van der Waals surface area contributed by atoms with Gasteiger partial charge in [-0.05, 0) is 41.8 Å². The van der Waals surface area contributed by atoms with Gasteiger partial charge < -0.3 is 15.5 Å². The van der Waals surface area contributed by atoms with Gasteiger partial charge in [-0.3, -0.25) is 4.99 Å². The second-order valence-electron chi connectivity index (χ2n) is 6.41. The predicted molar refractivity (Wildman–Crippen MR) is 121 cm³/mol. The first kappa shape index (κ1) is 21.2. The Morgan fingerprint density at radius 3 is 2.19 bits per heavy atom. The number of nitrogens with zero attached hydrogens (tertiary/aromatic N) is 2. The molecule has 3 rings (SSSR count). The second kappa shape index (κ2) is 10.3. The number of nitrogens with one attached hydrogen (secondary N) is 2. The van der Waals surface area contributed by atoms with Crippen LogP contribution in [0.15, 0.2) is 59.6 Å². The van der Waals surface area contributed by atoms with E-state index in [0.717, 1.165) is 18.7 Å². The van der Waals surface area contributed by atoms with E-state index in [-0.39, 0.29) is 29.8 Å². The molecule has 144 valence electrons. The summed E-state index contributed by atoms with van der Waals surface area (Å²) in [6.07, 6.45) is 4.37. The average Bonchev–Trinajstić information content (AvgIpc) is 3.20. The van der Waals surface area contributed by atoms with Crippen LogP contribution in [0.1, 0.15) is 16.7 Å². The first-order valence-electron chi connectivity index (χ1n) is 8.84. The topological polar surface area (TPSA) is 39.7 Å². The third-order valence-electron chi connectivity index (χ3n) is 4.50. The maximum Gasteiger partial charge on any atom is 0.191 e. The van der Waals surface area contributed by atoms with Gasteiger partial charge >= 0.3 is 0 Å². The summed E-state index contributed by atoms with van der Waals surface area (Å²) in [7, 11) is 1.73. The van der Waals surface area contributed by atoms with Crippen molar-refractivity contribution in [1.82, 2.24) is 10.6 Å². The summed E-state index contributed by atoms with van der Waals surface area (Å²) < 4.78 is 13.6. The molecule has 0 aromatic heterocycles. The molecule has 2 N–H and O–H groups in total. The van der Waals surface area contributed by atoms with Crippen LogP contribution in [-0.4, -0.2) is 26.1 Å². The number of aryl methyl sites for hydroxylation is 1. The van der Waals surface area contributed by atoms with E-state index in [1.54, 1.807) is 26.1 Å². The van der Waals surface area contributed by atoms with Gasteiger partial charge in [0.15, 0.2) is 5.96 Å². The quantitative estimate of drug-likeness (QED) is 0.294. The number of anilines is 1. The predicted octanol–water partition coefficient (Wildman–Crippen LogP) is 3.99. The molecule has 0 amide bonds.